The molecule has 3 rings (SSSR count). The summed E-state index contributed by atoms with van der Waals surface area (Å²) in [5.41, 5.74) is 4.88. The smallest absolute Gasteiger partial charge is 0.339 e. The zero-order valence-electron chi connectivity index (χ0n) is 10.4. The fourth-order valence-corrected chi connectivity index (χ4v) is 2.90. The van der Waals surface area contributed by atoms with Crippen LogP contribution in [0.25, 0.3) is 0 Å². The van der Waals surface area contributed by atoms with Gasteiger partial charge in [0.1, 0.15) is 0 Å². The Bertz CT molecular complexity index is 667. The monoisotopic (exact) mass is 365 g/mol. The van der Waals surface area contributed by atoms with Crippen molar-refractivity contribution < 1.29 is 9.53 Å². The van der Waals surface area contributed by atoms with E-state index in [1.54, 1.807) is 6.07 Å². The van der Waals surface area contributed by atoms with Gasteiger partial charge in [-0.15, -0.1) is 0 Å². The third-order valence-electron chi connectivity index (χ3n) is 3.26. The summed E-state index contributed by atoms with van der Waals surface area (Å²) in [6.45, 7) is 0. The van der Waals surface area contributed by atoms with Crippen molar-refractivity contribution in [3.05, 3.63) is 56.7 Å². The van der Waals surface area contributed by atoms with Crippen molar-refractivity contribution in [2.24, 2.45) is 0 Å². The molecule has 2 aromatic rings. The van der Waals surface area contributed by atoms with Crippen molar-refractivity contribution in [1.82, 2.24) is 0 Å². The van der Waals surface area contributed by atoms with Crippen LogP contribution in [0.2, 0.25) is 0 Å². The van der Waals surface area contributed by atoms with Crippen molar-refractivity contribution in [3.63, 3.8) is 0 Å². The van der Waals surface area contributed by atoms with Gasteiger partial charge in [-0.05, 0) is 58.0 Å². The number of esters is 1. The fraction of sp³-hybridized carbons (Fsp3) is 0.133. The van der Waals surface area contributed by atoms with E-state index in [0.717, 1.165) is 23.4 Å². The number of hydrogen-bond donors (Lipinski definition) is 1. The Morgan fingerprint density at radius 3 is 2.89 bits per heavy atom. The lowest BCUT2D eigenvalue weighted by Crippen LogP contribution is -2.13. The van der Waals surface area contributed by atoms with Gasteiger partial charge in [0.15, 0.2) is 0 Å². The van der Waals surface area contributed by atoms with Gasteiger partial charge in [-0.1, -0.05) is 12.1 Å². The van der Waals surface area contributed by atoms with Crippen LogP contribution in [0.15, 0.2) is 36.4 Å². The molecule has 0 aromatic heterocycles. The predicted octanol–water partition coefficient (Wildman–Crippen LogP) is 3.73. The van der Waals surface area contributed by atoms with Gasteiger partial charge in [-0.2, -0.15) is 0 Å². The number of para-hydroxylation sites is 1. The zero-order valence-corrected chi connectivity index (χ0v) is 12.5. The van der Waals surface area contributed by atoms with E-state index in [1.165, 1.54) is 16.2 Å². The number of fused-ring (bicyclic) bond motifs is 2. The first-order valence-electron chi connectivity index (χ1n) is 5.94. The highest BCUT2D eigenvalue weighted by atomic mass is 127. The molecule has 0 atom stereocenters. The number of ether oxygens (including phenoxy) is 1. The van der Waals surface area contributed by atoms with E-state index in [-0.39, 0.29) is 5.97 Å². The summed E-state index contributed by atoms with van der Waals surface area (Å²) < 4.78 is 6.04. The van der Waals surface area contributed by atoms with Gasteiger partial charge >= 0.3 is 5.97 Å². The Kier molecular flexibility index (Phi) is 3.18. The molecule has 19 heavy (non-hydrogen) atoms. The van der Waals surface area contributed by atoms with Crippen molar-refractivity contribution in [2.45, 2.75) is 6.42 Å². The molecular weight excluding hydrogens is 353 g/mol. The maximum absolute atomic E-state index is 11.8. The first-order chi connectivity index (χ1) is 9.19. The second-order valence-corrected chi connectivity index (χ2v) is 5.68. The molecule has 0 aliphatic carbocycles. The number of nitrogens with one attached hydrogen (secondary N) is 1. The Hall–Kier alpha value is -1.56. The summed E-state index contributed by atoms with van der Waals surface area (Å²) in [6.07, 6.45) is 0.833. The van der Waals surface area contributed by atoms with Gasteiger partial charge in [0.2, 0.25) is 0 Å². The molecule has 3 nitrogen and oxygen atoms in total. The van der Waals surface area contributed by atoms with Gasteiger partial charge < -0.3 is 10.1 Å². The number of rotatable bonds is 1. The van der Waals surface area contributed by atoms with E-state index in [1.807, 2.05) is 18.2 Å². The second-order valence-electron chi connectivity index (χ2n) is 4.43. The molecule has 4 heteroatoms. The largest absolute Gasteiger partial charge is 0.465 e. The van der Waals surface area contributed by atoms with Crippen LogP contribution >= 0.6 is 22.6 Å². The maximum atomic E-state index is 11.8. The molecule has 2 aromatic carbocycles. The van der Waals surface area contributed by atoms with E-state index in [0.29, 0.717) is 5.56 Å². The third-order valence-corrected chi connectivity index (χ3v) is 3.93. The number of hydrogen-bond acceptors (Lipinski definition) is 3. The Labute approximate surface area is 125 Å². The van der Waals surface area contributed by atoms with E-state index >= 15 is 0 Å². The summed E-state index contributed by atoms with van der Waals surface area (Å²) >= 11 is 2.31. The molecule has 0 amide bonds. The molecule has 1 heterocycles. The minimum Gasteiger partial charge on any atom is -0.465 e. The number of anilines is 2. The van der Waals surface area contributed by atoms with Crippen molar-refractivity contribution >= 4 is 39.9 Å². The molecule has 1 aliphatic rings. The standard InChI is InChI=1S/C15H12INO2/c1-19-15(18)12-4-2-3-9-7-10-8-11(16)5-6-13(10)17-14(9)12/h2-6,8,17H,7H2,1H3. The molecule has 1 N–H and O–H groups in total. The third kappa shape index (κ3) is 2.20. The van der Waals surface area contributed by atoms with Crippen LogP contribution in [0.1, 0.15) is 21.5 Å². The van der Waals surface area contributed by atoms with Crippen LogP contribution in [0.4, 0.5) is 11.4 Å². The predicted molar refractivity (Wildman–Crippen MR) is 83.0 cm³/mol. The second kappa shape index (κ2) is 4.85. The summed E-state index contributed by atoms with van der Waals surface area (Å²) in [5.74, 6) is -0.307. The van der Waals surface area contributed by atoms with Gasteiger partial charge in [-0.25, -0.2) is 4.79 Å². The van der Waals surface area contributed by atoms with E-state index in [4.69, 9.17) is 4.74 Å². The van der Waals surface area contributed by atoms with Crippen LogP contribution in [-0.2, 0) is 11.2 Å². The number of carbonyl (C=O) groups excluding carboxylic acids is 1. The lowest BCUT2D eigenvalue weighted by Gasteiger charge is -2.23. The van der Waals surface area contributed by atoms with Crippen LogP contribution in [0, 0.1) is 3.57 Å². The molecule has 0 saturated carbocycles. The highest BCUT2D eigenvalue weighted by Crippen LogP contribution is 2.35. The van der Waals surface area contributed by atoms with Gasteiger partial charge in [0.25, 0.3) is 0 Å². The molecule has 1 aliphatic heterocycles. The average Bonchev–Trinajstić information content (AvgIpc) is 2.43. The Morgan fingerprint density at radius 1 is 1.26 bits per heavy atom. The maximum Gasteiger partial charge on any atom is 0.339 e. The highest BCUT2D eigenvalue weighted by molar-refractivity contribution is 14.1. The molecule has 0 saturated heterocycles. The normalized spacial score (nSPS) is 12.1. The van der Waals surface area contributed by atoms with Gasteiger partial charge in [0, 0.05) is 15.7 Å². The molecule has 0 spiro atoms. The summed E-state index contributed by atoms with van der Waals surface area (Å²) in [5, 5.41) is 3.35. The van der Waals surface area contributed by atoms with Crippen molar-refractivity contribution in [3.8, 4) is 0 Å². The van der Waals surface area contributed by atoms with Crippen LogP contribution in [0.3, 0.4) is 0 Å². The van der Waals surface area contributed by atoms with E-state index in [9.17, 15) is 4.79 Å². The summed E-state index contributed by atoms with van der Waals surface area (Å²) in [6, 6.07) is 12.0. The van der Waals surface area contributed by atoms with E-state index in [2.05, 4.69) is 40.0 Å². The molecular formula is C15H12INO2. The van der Waals surface area contributed by atoms with Crippen molar-refractivity contribution in [1.29, 1.82) is 0 Å². The number of benzene rings is 2. The van der Waals surface area contributed by atoms with E-state index < -0.39 is 0 Å². The molecule has 0 radical (unpaired) electrons. The molecule has 0 bridgehead atoms. The minimum absolute atomic E-state index is 0.307. The Morgan fingerprint density at radius 2 is 2.11 bits per heavy atom. The summed E-state index contributed by atoms with van der Waals surface area (Å²) in [4.78, 5) is 11.8. The first-order valence-corrected chi connectivity index (χ1v) is 7.02. The van der Waals surface area contributed by atoms with Gasteiger partial charge in [0.05, 0.1) is 18.4 Å². The first kappa shape index (κ1) is 12.5. The lowest BCUT2D eigenvalue weighted by atomic mass is 9.95. The van der Waals surface area contributed by atoms with Crippen LogP contribution < -0.4 is 5.32 Å². The van der Waals surface area contributed by atoms with Gasteiger partial charge in [-0.3, -0.25) is 0 Å². The molecule has 96 valence electrons. The fourth-order valence-electron chi connectivity index (χ4n) is 2.35. The summed E-state index contributed by atoms with van der Waals surface area (Å²) in [7, 11) is 1.40. The minimum atomic E-state index is -0.307. The number of halogens is 1. The Balaban J connectivity index is 2.09. The number of methoxy groups -OCH3 is 1. The SMILES string of the molecule is COC(=O)c1cccc2c1Nc1ccc(I)cc1C2. The molecule has 0 unspecified atom stereocenters. The van der Waals surface area contributed by atoms with Crippen molar-refractivity contribution in [2.75, 3.05) is 12.4 Å². The highest BCUT2D eigenvalue weighted by Gasteiger charge is 2.21. The zero-order chi connectivity index (χ0) is 13.4. The molecule has 0 fully saturated rings. The van der Waals surface area contributed by atoms with Crippen LogP contribution in [-0.4, -0.2) is 13.1 Å². The lowest BCUT2D eigenvalue weighted by molar-refractivity contribution is 0.0602. The quantitative estimate of drug-likeness (QED) is 0.528. The number of carbonyl (C=O) groups is 1. The van der Waals surface area contributed by atoms with Crippen LogP contribution in [0.5, 0.6) is 0 Å². The topological polar surface area (TPSA) is 38.3 Å². The average molecular weight is 365 g/mol.